The van der Waals surface area contributed by atoms with Gasteiger partial charge in [0.05, 0.1) is 23.7 Å². The molecule has 2 heterocycles. The molecule has 2 aliphatic heterocycles. The summed E-state index contributed by atoms with van der Waals surface area (Å²) in [6, 6.07) is 9.79. The van der Waals surface area contributed by atoms with Crippen molar-refractivity contribution in [3.05, 3.63) is 58.1 Å². The molecule has 5 N–H and O–H groups in total. The Bertz CT molecular complexity index is 1210. The standard InChI is InChI=1S/C28H37NO7S/c1-15-5-7-20(22-23-24(27(31)32)26(23)36-25(15)22)16(2)35-14-19(30)13-29-28(3,4)12-17-6-8-21-18(11-17)9-10-37(21,33)34/h5-8,11,16,19,23-24,26,29-30,33-34H,9-10,12-14H2,1-4H3,(H,31,32)/t16-,19?,23+,24+,26+/m1/s1. The molecule has 0 spiro atoms. The number of β-amino-alcohol motifs (C(OH)–C–C–N with tert-alkyl or cyclic N) is 1. The summed E-state index contributed by atoms with van der Waals surface area (Å²) in [6.45, 7) is 8.52. The second kappa shape index (κ2) is 9.55. The van der Waals surface area contributed by atoms with Gasteiger partial charge in [0.15, 0.2) is 0 Å². The third kappa shape index (κ3) is 5.13. The number of carboxylic acid groups (broad SMARTS) is 1. The fourth-order valence-electron chi connectivity index (χ4n) is 5.77. The van der Waals surface area contributed by atoms with Crippen molar-refractivity contribution in [2.24, 2.45) is 5.92 Å². The van der Waals surface area contributed by atoms with Crippen LogP contribution >= 0.6 is 10.6 Å². The molecule has 0 radical (unpaired) electrons. The Morgan fingerprint density at radius 2 is 2.03 bits per heavy atom. The Morgan fingerprint density at radius 1 is 1.27 bits per heavy atom. The normalized spacial score (nSPS) is 25.4. The van der Waals surface area contributed by atoms with E-state index < -0.39 is 28.6 Å². The van der Waals surface area contributed by atoms with Crippen LogP contribution < -0.4 is 10.1 Å². The lowest BCUT2D eigenvalue weighted by Gasteiger charge is -2.29. The number of aryl methyl sites for hydroxylation is 2. The molecule has 1 fully saturated rings. The third-order valence-electron chi connectivity index (χ3n) is 7.83. The first-order chi connectivity index (χ1) is 17.4. The molecule has 1 saturated carbocycles. The van der Waals surface area contributed by atoms with Gasteiger partial charge in [-0.05, 0) is 68.9 Å². The SMILES string of the molecule is Cc1ccc([C@@H](C)OCC(O)CNC(C)(C)Cc2ccc3c(c2)CCS3(O)O)c2c1O[C@@H]1[C@@H](C(=O)O)[C@H]21. The predicted octanol–water partition coefficient (Wildman–Crippen LogP) is 4.27. The first-order valence-corrected chi connectivity index (χ1v) is 14.5. The summed E-state index contributed by atoms with van der Waals surface area (Å²) in [5.74, 6) is -0.285. The number of rotatable bonds is 10. The number of fused-ring (bicyclic) bond motifs is 4. The molecule has 3 aliphatic rings. The summed E-state index contributed by atoms with van der Waals surface area (Å²) < 4.78 is 32.3. The molecule has 8 nitrogen and oxygen atoms in total. The van der Waals surface area contributed by atoms with Crippen LogP contribution in [-0.4, -0.2) is 61.9 Å². The molecular formula is C28H37NO7S. The number of aliphatic hydroxyl groups is 1. The Labute approximate surface area is 219 Å². The fourth-order valence-corrected chi connectivity index (χ4v) is 7.36. The molecule has 0 bridgehead atoms. The van der Waals surface area contributed by atoms with Crippen molar-refractivity contribution < 1.29 is 33.6 Å². The van der Waals surface area contributed by atoms with Gasteiger partial charge in [0.2, 0.25) is 0 Å². The lowest BCUT2D eigenvalue weighted by molar-refractivity contribution is -0.139. The van der Waals surface area contributed by atoms with Gasteiger partial charge in [0, 0.05) is 29.3 Å². The van der Waals surface area contributed by atoms with Crippen molar-refractivity contribution >= 4 is 16.6 Å². The van der Waals surface area contributed by atoms with Crippen molar-refractivity contribution in [3.8, 4) is 5.75 Å². The Kier molecular flexibility index (Phi) is 6.83. The van der Waals surface area contributed by atoms with Gasteiger partial charge in [-0.1, -0.05) is 24.3 Å². The van der Waals surface area contributed by atoms with Crippen LogP contribution in [0.15, 0.2) is 35.2 Å². The van der Waals surface area contributed by atoms with E-state index in [2.05, 4.69) is 25.2 Å². The van der Waals surface area contributed by atoms with E-state index >= 15 is 0 Å². The number of carboxylic acids is 1. The molecule has 9 heteroatoms. The zero-order chi connectivity index (χ0) is 26.7. The van der Waals surface area contributed by atoms with Crippen molar-refractivity contribution in [1.82, 2.24) is 5.32 Å². The van der Waals surface area contributed by atoms with E-state index in [4.69, 9.17) is 9.47 Å². The van der Waals surface area contributed by atoms with Crippen LogP contribution in [0.3, 0.4) is 0 Å². The molecule has 1 aliphatic carbocycles. The number of aliphatic carboxylic acids is 1. The number of nitrogens with one attached hydrogen (secondary N) is 1. The molecule has 2 aromatic rings. The quantitative estimate of drug-likeness (QED) is 0.308. The second-order valence-electron chi connectivity index (χ2n) is 11.3. The van der Waals surface area contributed by atoms with Crippen LogP contribution in [0.25, 0.3) is 0 Å². The van der Waals surface area contributed by atoms with Crippen molar-refractivity contribution in [2.75, 3.05) is 18.9 Å². The summed E-state index contributed by atoms with van der Waals surface area (Å²) in [4.78, 5) is 12.2. The Morgan fingerprint density at radius 3 is 2.76 bits per heavy atom. The van der Waals surface area contributed by atoms with Gasteiger partial charge in [-0.3, -0.25) is 13.9 Å². The van der Waals surface area contributed by atoms with Gasteiger partial charge in [0.25, 0.3) is 0 Å². The first kappa shape index (κ1) is 26.5. The summed E-state index contributed by atoms with van der Waals surface area (Å²) in [6.07, 6.45) is 0.0884. The van der Waals surface area contributed by atoms with Crippen LogP contribution in [0.1, 0.15) is 60.6 Å². The topological polar surface area (TPSA) is 128 Å². The van der Waals surface area contributed by atoms with E-state index in [0.29, 0.717) is 23.6 Å². The molecule has 0 amide bonds. The van der Waals surface area contributed by atoms with Crippen molar-refractivity contribution in [1.29, 1.82) is 0 Å². The van der Waals surface area contributed by atoms with Gasteiger partial charge in [-0.15, -0.1) is 0 Å². The predicted molar refractivity (Wildman–Crippen MR) is 142 cm³/mol. The summed E-state index contributed by atoms with van der Waals surface area (Å²) in [5, 5.41) is 23.5. The zero-order valence-corrected chi connectivity index (χ0v) is 22.5. The molecular weight excluding hydrogens is 494 g/mol. The van der Waals surface area contributed by atoms with Gasteiger partial charge < -0.3 is 25.0 Å². The van der Waals surface area contributed by atoms with Crippen LogP contribution in [0.5, 0.6) is 5.75 Å². The largest absolute Gasteiger partial charge is 0.488 e. The van der Waals surface area contributed by atoms with E-state index in [-0.39, 0.29) is 30.3 Å². The Balaban J connectivity index is 1.15. The minimum absolute atomic E-state index is 0.132. The molecule has 5 atom stereocenters. The minimum atomic E-state index is -2.63. The lowest BCUT2D eigenvalue weighted by Crippen LogP contribution is -2.46. The Hall–Kier alpha value is -2.14. The number of aliphatic hydroxyl groups excluding tert-OH is 1. The monoisotopic (exact) mass is 531 g/mol. The van der Waals surface area contributed by atoms with Crippen molar-refractivity contribution in [3.63, 3.8) is 0 Å². The maximum atomic E-state index is 11.5. The van der Waals surface area contributed by atoms with Crippen LogP contribution in [0.4, 0.5) is 0 Å². The van der Waals surface area contributed by atoms with E-state index in [0.717, 1.165) is 40.0 Å². The highest BCUT2D eigenvalue weighted by Crippen LogP contribution is 2.61. The van der Waals surface area contributed by atoms with E-state index in [9.17, 15) is 24.1 Å². The zero-order valence-electron chi connectivity index (χ0n) is 21.7. The molecule has 202 valence electrons. The molecule has 2 aromatic carbocycles. The van der Waals surface area contributed by atoms with Gasteiger partial charge in [0.1, 0.15) is 17.8 Å². The number of ether oxygens (including phenoxy) is 2. The number of benzene rings is 2. The third-order valence-corrected chi connectivity index (χ3v) is 9.70. The smallest absolute Gasteiger partial charge is 0.311 e. The highest BCUT2D eigenvalue weighted by Gasteiger charge is 2.64. The van der Waals surface area contributed by atoms with E-state index in [1.165, 1.54) is 0 Å². The minimum Gasteiger partial charge on any atom is -0.488 e. The summed E-state index contributed by atoms with van der Waals surface area (Å²) in [5.41, 5.74) is 4.69. The van der Waals surface area contributed by atoms with Gasteiger partial charge >= 0.3 is 5.97 Å². The fraction of sp³-hybridized carbons (Fsp3) is 0.536. The summed E-state index contributed by atoms with van der Waals surface area (Å²) in [7, 11) is -2.63. The number of carbonyl (C=O) groups is 1. The highest BCUT2D eigenvalue weighted by molar-refractivity contribution is 8.24. The van der Waals surface area contributed by atoms with Gasteiger partial charge in [-0.2, -0.15) is 10.6 Å². The molecule has 1 unspecified atom stereocenters. The van der Waals surface area contributed by atoms with Crippen LogP contribution in [0, 0.1) is 12.8 Å². The average molecular weight is 532 g/mol. The van der Waals surface area contributed by atoms with Gasteiger partial charge in [-0.25, -0.2) is 0 Å². The number of hydrogen-bond donors (Lipinski definition) is 5. The molecule has 0 aromatic heterocycles. The molecule has 5 rings (SSSR count). The highest BCUT2D eigenvalue weighted by atomic mass is 32.3. The van der Waals surface area contributed by atoms with E-state index in [1.54, 1.807) is 0 Å². The maximum absolute atomic E-state index is 11.5. The van der Waals surface area contributed by atoms with Crippen molar-refractivity contribution in [2.45, 2.75) is 75.2 Å². The summed E-state index contributed by atoms with van der Waals surface area (Å²) >= 11 is 0. The van der Waals surface area contributed by atoms with E-state index in [1.807, 2.05) is 38.1 Å². The second-order valence-corrected chi connectivity index (χ2v) is 13.5. The average Bonchev–Trinajstić information content (AvgIpc) is 3.28. The van der Waals surface area contributed by atoms with Crippen LogP contribution in [-0.2, 0) is 22.4 Å². The lowest BCUT2D eigenvalue weighted by atomic mass is 9.93. The maximum Gasteiger partial charge on any atom is 0.311 e. The first-order valence-electron chi connectivity index (χ1n) is 12.8. The molecule has 37 heavy (non-hydrogen) atoms. The van der Waals surface area contributed by atoms with Crippen LogP contribution in [0.2, 0.25) is 0 Å². The molecule has 0 saturated heterocycles. The number of hydrogen-bond acceptors (Lipinski definition) is 7.